The number of aryl methyl sites for hydroxylation is 1. The van der Waals surface area contributed by atoms with Crippen molar-refractivity contribution in [1.29, 1.82) is 0 Å². The van der Waals surface area contributed by atoms with Crippen LogP contribution in [0.25, 0.3) is 0 Å². The quantitative estimate of drug-likeness (QED) is 0.890. The van der Waals surface area contributed by atoms with Crippen LogP contribution >= 0.6 is 0 Å². The third kappa shape index (κ3) is 3.54. The lowest BCUT2D eigenvalue weighted by atomic mass is 9.90. The molecule has 1 saturated heterocycles. The van der Waals surface area contributed by atoms with E-state index in [1.807, 2.05) is 6.07 Å². The van der Waals surface area contributed by atoms with Crippen LogP contribution in [0, 0.1) is 5.92 Å². The van der Waals surface area contributed by atoms with E-state index in [-0.39, 0.29) is 24.1 Å². The van der Waals surface area contributed by atoms with Gasteiger partial charge < -0.3 is 15.1 Å². The topological polar surface area (TPSA) is 77.8 Å². The number of likely N-dealkylation sites (tertiary alicyclic amines) is 1. The molecule has 21 heavy (non-hydrogen) atoms. The number of aromatic hydroxyl groups is 1. The number of phenolic OH excluding ortho intramolecular Hbond substituents is 1. The Hall–Kier alpha value is -2.04. The van der Waals surface area contributed by atoms with Gasteiger partial charge in [0.15, 0.2) is 0 Å². The number of aliphatic carboxylic acids is 1. The van der Waals surface area contributed by atoms with Gasteiger partial charge in [0.25, 0.3) is 0 Å². The molecule has 1 aromatic rings. The lowest BCUT2D eigenvalue weighted by molar-refractivity contribution is -0.149. The molecule has 0 saturated carbocycles. The van der Waals surface area contributed by atoms with Crippen molar-refractivity contribution in [3.63, 3.8) is 0 Å². The Bertz CT molecular complexity index is 529. The second-order valence-electron chi connectivity index (χ2n) is 5.54. The number of phenols is 1. The van der Waals surface area contributed by atoms with E-state index in [4.69, 9.17) is 0 Å². The molecule has 2 N–H and O–H groups in total. The summed E-state index contributed by atoms with van der Waals surface area (Å²) in [5.41, 5.74) is 0.741. The zero-order valence-corrected chi connectivity index (χ0v) is 12.2. The number of benzene rings is 1. The minimum absolute atomic E-state index is 0.0447. The summed E-state index contributed by atoms with van der Waals surface area (Å²) < 4.78 is 0. The molecule has 0 aromatic heterocycles. The molecule has 5 nitrogen and oxygen atoms in total. The Balaban J connectivity index is 1.97. The third-order valence-electron chi connectivity index (χ3n) is 4.23. The largest absolute Gasteiger partial charge is 0.508 e. The summed E-state index contributed by atoms with van der Waals surface area (Å²) in [7, 11) is 0. The SMILES string of the molecule is C[C@@H]1[C@H](C(=O)O)CCCN1C(=O)CCc1ccccc1O. The molecule has 0 spiro atoms. The van der Waals surface area contributed by atoms with Crippen molar-refractivity contribution in [3.8, 4) is 5.75 Å². The van der Waals surface area contributed by atoms with Gasteiger partial charge >= 0.3 is 5.97 Å². The first-order valence-electron chi connectivity index (χ1n) is 7.30. The summed E-state index contributed by atoms with van der Waals surface area (Å²) in [5, 5.41) is 18.9. The molecule has 1 aromatic carbocycles. The van der Waals surface area contributed by atoms with E-state index in [2.05, 4.69) is 0 Å². The summed E-state index contributed by atoms with van der Waals surface area (Å²) in [6.45, 7) is 2.42. The monoisotopic (exact) mass is 291 g/mol. The van der Waals surface area contributed by atoms with Crippen molar-refractivity contribution in [2.75, 3.05) is 6.54 Å². The highest BCUT2D eigenvalue weighted by Crippen LogP contribution is 2.25. The fourth-order valence-electron chi connectivity index (χ4n) is 2.93. The van der Waals surface area contributed by atoms with Crippen molar-refractivity contribution in [1.82, 2.24) is 4.90 Å². The predicted octanol–water partition coefficient (Wildman–Crippen LogP) is 2.04. The first-order chi connectivity index (χ1) is 10.0. The second kappa shape index (κ2) is 6.61. The van der Waals surface area contributed by atoms with Crippen LogP contribution in [-0.2, 0) is 16.0 Å². The van der Waals surface area contributed by atoms with Gasteiger partial charge in [0.1, 0.15) is 5.75 Å². The molecule has 0 aliphatic carbocycles. The molecule has 5 heteroatoms. The van der Waals surface area contributed by atoms with E-state index < -0.39 is 11.9 Å². The molecule has 1 aliphatic heterocycles. The van der Waals surface area contributed by atoms with Gasteiger partial charge in [-0.2, -0.15) is 0 Å². The minimum Gasteiger partial charge on any atom is -0.508 e. The van der Waals surface area contributed by atoms with Gasteiger partial charge in [-0.05, 0) is 37.8 Å². The van der Waals surface area contributed by atoms with E-state index in [0.717, 1.165) is 12.0 Å². The van der Waals surface area contributed by atoms with Crippen LogP contribution in [0.4, 0.5) is 0 Å². The number of carboxylic acid groups (broad SMARTS) is 1. The van der Waals surface area contributed by atoms with Crippen LogP contribution in [0.1, 0.15) is 31.7 Å². The van der Waals surface area contributed by atoms with Crippen molar-refractivity contribution in [2.24, 2.45) is 5.92 Å². The molecular weight excluding hydrogens is 270 g/mol. The molecular formula is C16H21NO4. The molecule has 2 atom stereocenters. The van der Waals surface area contributed by atoms with Crippen molar-refractivity contribution in [3.05, 3.63) is 29.8 Å². The molecule has 114 valence electrons. The van der Waals surface area contributed by atoms with E-state index in [1.54, 1.807) is 30.0 Å². The van der Waals surface area contributed by atoms with Gasteiger partial charge in [-0.15, -0.1) is 0 Å². The highest BCUT2D eigenvalue weighted by Gasteiger charge is 2.34. The zero-order valence-electron chi connectivity index (χ0n) is 12.2. The number of amides is 1. The summed E-state index contributed by atoms with van der Waals surface area (Å²) in [6, 6.07) is 6.69. The van der Waals surface area contributed by atoms with Crippen molar-refractivity contribution >= 4 is 11.9 Å². The number of hydrogen-bond donors (Lipinski definition) is 2. The van der Waals surface area contributed by atoms with Gasteiger partial charge in [-0.1, -0.05) is 18.2 Å². The maximum Gasteiger partial charge on any atom is 0.308 e. The molecule has 0 bridgehead atoms. The van der Waals surface area contributed by atoms with Gasteiger partial charge in [-0.3, -0.25) is 9.59 Å². The average molecular weight is 291 g/mol. The first kappa shape index (κ1) is 15.4. The second-order valence-corrected chi connectivity index (χ2v) is 5.54. The van der Waals surface area contributed by atoms with Crippen LogP contribution in [-0.4, -0.2) is 39.6 Å². The first-order valence-corrected chi connectivity index (χ1v) is 7.30. The Kier molecular flexibility index (Phi) is 4.83. The fraction of sp³-hybridized carbons (Fsp3) is 0.500. The van der Waals surface area contributed by atoms with Gasteiger partial charge in [0, 0.05) is 19.0 Å². The molecule has 1 amide bonds. The maximum atomic E-state index is 12.3. The van der Waals surface area contributed by atoms with Crippen molar-refractivity contribution < 1.29 is 19.8 Å². The number of hydrogen-bond acceptors (Lipinski definition) is 3. The number of para-hydroxylation sites is 1. The Morgan fingerprint density at radius 2 is 2.05 bits per heavy atom. The van der Waals surface area contributed by atoms with Crippen LogP contribution in [0.15, 0.2) is 24.3 Å². The summed E-state index contributed by atoms with van der Waals surface area (Å²) in [6.07, 6.45) is 2.10. The third-order valence-corrected chi connectivity index (χ3v) is 4.23. The number of rotatable bonds is 4. The number of carboxylic acids is 1. The van der Waals surface area contributed by atoms with Gasteiger partial charge in [0.2, 0.25) is 5.91 Å². The fourth-order valence-corrected chi connectivity index (χ4v) is 2.93. The minimum atomic E-state index is -0.833. The molecule has 2 rings (SSSR count). The normalized spacial score (nSPS) is 22.0. The molecule has 1 heterocycles. The van der Waals surface area contributed by atoms with Gasteiger partial charge in [0.05, 0.1) is 5.92 Å². The Morgan fingerprint density at radius 1 is 1.33 bits per heavy atom. The van der Waals surface area contributed by atoms with E-state index >= 15 is 0 Å². The van der Waals surface area contributed by atoms with Crippen molar-refractivity contribution in [2.45, 2.75) is 38.6 Å². The predicted molar refractivity (Wildman–Crippen MR) is 78.0 cm³/mol. The lowest BCUT2D eigenvalue weighted by Crippen LogP contribution is -2.49. The van der Waals surface area contributed by atoms with Crippen LogP contribution in [0.3, 0.4) is 0 Å². The summed E-state index contributed by atoms with van der Waals surface area (Å²) in [4.78, 5) is 25.2. The van der Waals surface area contributed by atoms with Crippen LogP contribution in [0.2, 0.25) is 0 Å². The number of carbonyl (C=O) groups excluding carboxylic acids is 1. The van der Waals surface area contributed by atoms with E-state index in [0.29, 0.717) is 19.4 Å². The number of piperidine rings is 1. The van der Waals surface area contributed by atoms with E-state index in [9.17, 15) is 19.8 Å². The highest BCUT2D eigenvalue weighted by atomic mass is 16.4. The Labute approximate surface area is 124 Å². The highest BCUT2D eigenvalue weighted by molar-refractivity contribution is 5.79. The van der Waals surface area contributed by atoms with Gasteiger partial charge in [-0.25, -0.2) is 0 Å². The lowest BCUT2D eigenvalue weighted by Gasteiger charge is -2.37. The summed E-state index contributed by atoms with van der Waals surface area (Å²) in [5.74, 6) is -1.16. The molecule has 1 aliphatic rings. The zero-order chi connectivity index (χ0) is 15.4. The van der Waals surface area contributed by atoms with Crippen LogP contribution < -0.4 is 0 Å². The van der Waals surface area contributed by atoms with E-state index in [1.165, 1.54) is 0 Å². The van der Waals surface area contributed by atoms with Crippen LogP contribution in [0.5, 0.6) is 5.75 Å². The molecule has 0 radical (unpaired) electrons. The number of carbonyl (C=O) groups is 2. The maximum absolute atomic E-state index is 12.3. The average Bonchev–Trinajstić information content (AvgIpc) is 2.46. The number of nitrogens with zero attached hydrogens (tertiary/aromatic N) is 1. The molecule has 1 fully saturated rings. The standard InChI is InChI=1S/C16H21NO4/c1-11-13(16(20)21)6-4-10-17(11)15(19)9-8-12-5-2-3-7-14(12)18/h2-3,5,7,11,13,18H,4,6,8-10H2,1H3,(H,20,21)/t11-,13-/m1/s1. The Morgan fingerprint density at radius 3 is 2.71 bits per heavy atom. The smallest absolute Gasteiger partial charge is 0.308 e. The summed E-state index contributed by atoms with van der Waals surface area (Å²) >= 11 is 0. The molecule has 0 unspecified atom stereocenters.